The van der Waals surface area contributed by atoms with E-state index in [9.17, 15) is 4.39 Å². The van der Waals surface area contributed by atoms with Crippen molar-refractivity contribution in [1.82, 2.24) is 4.98 Å². The molecule has 0 aliphatic carbocycles. The van der Waals surface area contributed by atoms with Crippen molar-refractivity contribution in [2.75, 3.05) is 12.4 Å². The third-order valence-corrected chi connectivity index (χ3v) is 2.66. The summed E-state index contributed by atoms with van der Waals surface area (Å²) in [7, 11) is 1.58. The van der Waals surface area contributed by atoms with Gasteiger partial charge in [-0.05, 0) is 36.2 Å². The first-order valence-electron chi connectivity index (χ1n) is 5.68. The molecule has 0 saturated heterocycles. The molecule has 0 atom stereocenters. The molecule has 1 aromatic carbocycles. The molecule has 0 fully saturated rings. The highest BCUT2D eigenvalue weighted by atomic mass is 19.1. The fourth-order valence-electron chi connectivity index (χ4n) is 1.60. The minimum Gasteiger partial charge on any atom is -0.481 e. The van der Waals surface area contributed by atoms with E-state index in [2.05, 4.69) is 10.3 Å². The number of hydrogen-bond donors (Lipinski definition) is 1. The highest BCUT2D eigenvalue weighted by Crippen LogP contribution is 2.15. The smallest absolute Gasteiger partial charge is 0.212 e. The lowest BCUT2D eigenvalue weighted by molar-refractivity contribution is 0.397. The summed E-state index contributed by atoms with van der Waals surface area (Å²) in [5.41, 5.74) is 2.57. The standard InChI is InChI=1S/C14H15FN2O/c1-10-7-12(4-5-13(10)15)16-8-11-3-6-14(18-2)17-9-11/h3-7,9,16H,8H2,1-2H3. The Kier molecular flexibility index (Phi) is 3.77. The Morgan fingerprint density at radius 3 is 2.72 bits per heavy atom. The van der Waals surface area contributed by atoms with Crippen LogP contribution in [0.2, 0.25) is 0 Å². The van der Waals surface area contributed by atoms with Crippen molar-refractivity contribution in [2.24, 2.45) is 0 Å². The van der Waals surface area contributed by atoms with Crippen LogP contribution in [0.1, 0.15) is 11.1 Å². The van der Waals surface area contributed by atoms with E-state index >= 15 is 0 Å². The van der Waals surface area contributed by atoms with E-state index < -0.39 is 0 Å². The first-order chi connectivity index (χ1) is 8.69. The van der Waals surface area contributed by atoms with Crippen molar-refractivity contribution in [1.29, 1.82) is 0 Å². The van der Waals surface area contributed by atoms with Gasteiger partial charge in [-0.1, -0.05) is 6.07 Å². The van der Waals surface area contributed by atoms with Gasteiger partial charge in [-0.25, -0.2) is 9.37 Å². The Bertz CT molecular complexity index is 526. The van der Waals surface area contributed by atoms with Crippen LogP contribution in [0.15, 0.2) is 36.5 Å². The molecule has 3 nitrogen and oxygen atoms in total. The molecular formula is C14H15FN2O. The molecular weight excluding hydrogens is 231 g/mol. The van der Waals surface area contributed by atoms with Crippen LogP contribution in [0, 0.1) is 12.7 Å². The van der Waals surface area contributed by atoms with Gasteiger partial charge in [0.25, 0.3) is 0 Å². The molecule has 0 radical (unpaired) electrons. The van der Waals surface area contributed by atoms with E-state index in [1.165, 1.54) is 6.07 Å². The number of aryl methyl sites for hydroxylation is 1. The van der Waals surface area contributed by atoms with Gasteiger partial charge in [-0.15, -0.1) is 0 Å². The summed E-state index contributed by atoms with van der Waals surface area (Å²) < 4.78 is 18.1. The maximum atomic E-state index is 13.1. The molecule has 4 heteroatoms. The molecule has 0 unspecified atom stereocenters. The van der Waals surface area contributed by atoms with Gasteiger partial charge in [0.15, 0.2) is 0 Å². The first-order valence-corrected chi connectivity index (χ1v) is 5.68. The summed E-state index contributed by atoms with van der Waals surface area (Å²) in [5, 5.41) is 3.22. The van der Waals surface area contributed by atoms with Gasteiger partial charge in [0, 0.05) is 24.5 Å². The SMILES string of the molecule is COc1ccc(CNc2ccc(F)c(C)c2)cn1. The minimum atomic E-state index is -0.188. The van der Waals surface area contributed by atoms with Crippen LogP contribution in [-0.2, 0) is 6.54 Å². The second kappa shape index (κ2) is 5.49. The number of pyridine rings is 1. The highest BCUT2D eigenvalue weighted by molar-refractivity contribution is 5.46. The fraction of sp³-hybridized carbons (Fsp3) is 0.214. The number of rotatable bonds is 4. The van der Waals surface area contributed by atoms with Crippen LogP contribution in [-0.4, -0.2) is 12.1 Å². The molecule has 1 N–H and O–H groups in total. The van der Waals surface area contributed by atoms with Crippen molar-refractivity contribution in [2.45, 2.75) is 13.5 Å². The normalized spacial score (nSPS) is 10.2. The Labute approximate surface area is 106 Å². The topological polar surface area (TPSA) is 34.1 Å². The van der Waals surface area contributed by atoms with E-state index in [-0.39, 0.29) is 5.82 Å². The van der Waals surface area contributed by atoms with Gasteiger partial charge in [-0.3, -0.25) is 0 Å². The van der Waals surface area contributed by atoms with E-state index in [1.807, 2.05) is 12.1 Å². The number of nitrogens with one attached hydrogen (secondary N) is 1. The quantitative estimate of drug-likeness (QED) is 0.899. The Balaban J connectivity index is 1.99. The van der Waals surface area contributed by atoms with Gasteiger partial charge in [0.1, 0.15) is 5.82 Å². The van der Waals surface area contributed by atoms with Crippen LogP contribution in [0.3, 0.4) is 0 Å². The number of methoxy groups -OCH3 is 1. The molecule has 1 aromatic heterocycles. The fourth-order valence-corrected chi connectivity index (χ4v) is 1.60. The number of nitrogens with zero attached hydrogens (tertiary/aromatic N) is 1. The summed E-state index contributed by atoms with van der Waals surface area (Å²) in [6, 6.07) is 8.72. The van der Waals surface area contributed by atoms with Gasteiger partial charge in [0.2, 0.25) is 5.88 Å². The number of halogens is 1. The van der Waals surface area contributed by atoms with E-state index in [0.717, 1.165) is 11.3 Å². The molecule has 0 spiro atoms. The van der Waals surface area contributed by atoms with Crippen LogP contribution < -0.4 is 10.1 Å². The van der Waals surface area contributed by atoms with E-state index in [4.69, 9.17) is 4.74 Å². The predicted octanol–water partition coefficient (Wildman–Crippen LogP) is 3.15. The lowest BCUT2D eigenvalue weighted by Crippen LogP contribution is -2.00. The largest absolute Gasteiger partial charge is 0.481 e. The number of ether oxygens (including phenoxy) is 1. The zero-order valence-electron chi connectivity index (χ0n) is 10.4. The van der Waals surface area contributed by atoms with E-state index in [1.54, 1.807) is 32.4 Å². The van der Waals surface area contributed by atoms with Crippen LogP contribution in [0.5, 0.6) is 5.88 Å². The van der Waals surface area contributed by atoms with Gasteiger partial charge < -0.3 is 10.1 Å². The molecule has 1 heterocycles. The molecule has 0 bridgehead atoms. The summed E-state index contributed by atoms with van der Waals surface area (Å²) >= 11 is 0. The Hall–Kier alpha value is -2.10. The van der Waals surface area contributed by atoms with Gasteiger partial charge >= 0.3 is 0 Å². The van der Waals surface area contributed by atoms with Crippen molar-refractivity contribution in [3.05, 3.63) is 53.5 Å². The van der Waals surface area contributed by atoms with Crippen molar-refractivity contribution in [3.8, 4) is 5.88 Å². The number of benzene rings is 1. The van der Waals surface area contributed by atoms with Crippen LogP contribution in [0.25, 0.3) is 0 Å². The molecule has 0 aliphatic heterocycles. The third kappa shape index (κ3) is 2.97. The number of anilines is 1. The minimum absolute atomic E-state index is 0.188. The third-order valence-electron chi connectivity index (χ3n) is 2.66. The summed E-state index contributed by atoms with van der Waals surface area (Å²) in [5.74, 6) is 0.406. The summed E-state index contributed by atoms with van der Waals surface area (Å²) in [4.78, 5) is 4.12. The van der Waals surface area contributed by atoms with Crippen LogP contribution in [0.4, 0.5) is 10.1 Å². The molecule has 18 heavy (non-hydrogen) atoms. The summed E-state index contributed by atoms with van der Waals surface area (Å²) in [6.45, 7) is 2.39. The average molecular weight is 246 g/mol. The molecule has 0 saturated carbocycles. The predicted molar refractivity (Wildman–Crippen MR) is 69.3 cm³/mol. The lowest BCUT2D eigenvalue weighted by Gasteiger charge is -2.08. The van der Waals surface area contributed by atoms with Crippen molar-refractivity contribution >= 4 is 5.69 Å². The second-order valence-corrected chi connectivity index (χ2v) is 4.03. The van der Waals surface area contributed by atoms with Gasteiger partial charge in [-0.2, -0.15) is 0 Å². The molecule has 94 valence electrons. The zero-order chi connectivity index (χ0) is 13.0. The maximum absolute atomic E-state index is 13.1. The number of hydrogen-bond acceptors (Lipinski definition) is 3. The van der Waals surface area contributed by atoms with Crippen molar-refractivity contribution < 1.29 is 9.13 Å². The highest BCUT2D eigenvalue weighted by Gasteiger charge is 1.99. The van der Waals surface area contributed by atoms with Crippen molar-refractivity contribution in [3.63, 3.8) is 0 Å². The second-order valence-electron chi connectivity index (χ2n) is 4.03. The maximum Gasteiger partial charge on any atom is 0.212 e. The van der Waals surface area contributed by atoms with Crippen LogP contribution >= 0.6 is 0 Å². The summed E-state index contributed by atoms with van der Waals surface area (Å²) in [6.07, 6.45) is 1.75. The average Bonchev–Trinajstić information content (AvgIpc) is 2.41. The zero-order valence-corrected chi connectivity index (χ0v) is 10.4. The lowest BCUT2D eigenvalue weighted by atomic mass is 10.2. The molecule has 2 rings (SSSR count). The molecule has 0 aliphatic rings. The monoisotopic (exact) mass is 246 g/mol. The Morgan fingerprint density at radius 2 is 2.11 bits per heavy atom. The Morgan fingerprint density at radius 1 is 1.28 bits per heavy atom. The number of aromatic nitrogens is 1. The van der Waals surface area contributed by atoms with Gasteiger partial charge in [0.05, 0.1) is 7.11 Å². The molecule has 0 amide bonds. The van der Waals surface area contributed by atoms with E-state index in [0.29, 0.717) is 18.0 Å². The molecule has 2 aromatic rings. The first kappa shape index (κ1) is 12.4.